The summed E-state index contributed by atoms with van der Waals surface area (Å²) in [5, 5.41) is 8.79. The molecule has 0 N–H and O–H groups in total. The lowest BCUT2D eigenvalue weighted by atomic mass is 10.2. The Balaban J connectivity index is 1.93. The molecule has 0 bridgehead atoms. The maximum Gasteiger partial charge on any atom is 0.347 e. The number of nitrogens with zero attached hydrogens (tertiary/aromatic N) is 2. The summed E-state index contributed by atoms with van der Waals surface area (Å²) in [5.41, 5.74) is 0.468. The van der Waals surface area contributed by atoms with E-state index in [1.807, 2.05) is 6.07 Å². The van der Waals surface area contributed by atoms with Crippen LogP contribution in [0.2, 0.25) is 0 Å². The number of ether oxygens (including phenoxy) is 2. The molecule has 1 aromatic rings. The first-order valence-corrected chi connectivity index (χ1v) is 10.9. The van der Waals surface area contributed by atoms with Crippen molar-refractivity contribution < 1.29 is 27.5 Å². The quantitative estimate of drug-likeness (QED) is 0.625. The van der Waals surface area contributed by atoms with E-state index in [2.05, 4.69) is 0 Å². The van der Waals surface area contributed by atoms with Gasteiger partial charge in [-0.1, -0.05) is 0 Å². The van der Waals surface area contributed by atoms with Gasteiger partial charge in [-0.15, -0.1) is 0 Å². The van der Waals surface area contributed by atoms with E-state index in [0.29, 0.717) is 24.3 Å². The number of amides is 1. The number of carbonyl (C=O) groups is 2. The Morgan fingerprint density at radius 1 is 1.25 bits per heavy atom. The molecule has 1 aliphatic heterocycles. The zero-order valence-corrected chi connectivity index (χ0v) is 16.9. The van der Waals surface area contributed by atoms with E-state index >= 15 is 0 Å². The first-order chi connectivity index (χ1) is 13.2. The minimum Gasteiger partial charge on any atom is -0.479 e. The van der Waals surface area contributed by atoms with Crippen LogP contribution in [0.5, 0.6) is 5.75 Å². The molecule has 3 unspecified atom stereocenters. The van der Waals surface area contributed by atoms with Crippen molar-refractivity contribution in [1.82, 2.24) is 4.90 Å². The van der Waals surface area contributed by atoms with Crippen molar-refractivity contribution in [2.75, 3.05) is 18.1 Å². The SMILES string of the molecule is CCN(C(=O)C(C)OC(=O)C(C)Oc1ccc(C#N)cc1)C1CCS(=O)(=O)C1. The van der Waals surface area contributed by atoms with Gasteiger partial charge in [-0.2, -0.15) is 5.26 Å². The van der Waals surface area contributed by atoms with Gasteiger partial charge in [-0.05, 0) is 51.5 Å². The molecule has 0 saturated carbocycles. The van der Waals surface area contributed by atoms with Crippen LogP contribution in [0.1, 0.15) is 32.8 Å². The number of carbonyl (C=O) groups excluding carboxylic acids is 2. The summed E-state index contributed by atoms with van der Waals surface area (Å²) in [7, 11) is -3.13. The number of nitriles is 1. The maximum absolute atomic E-state index is 12.6. The first-order valence-electron chi connectivity index (χ1n) is 9.05. The van der Waals surface area contributed by atoms with Crippen LogP contribution in [-0.2, 0) is 24.2 Å². The van der Waals surface area contributed by atoms with Crippen molar-refractivity contribution in [2.24, 2.45) is 0 Å². The molecule has 1 saturated heterocycles. The lowest BCUT2D eigenvalue weighted by Crippen LogP contribution is -2.47. The highest BCUT2D eigenvalue weighted by molar-refractivity contribution is 7.91. The second kappa shape index (κ2) is 9.06. The molecule has 8 nitrogen and oxygen atoms in total. The van der Waals surface area contributed by atoms with E-state index < -0.39 is 40.0 Å². The number of rotatable bonds is 7. The van der Waals surface area contributed by atoms with Gasteiger partial charge in [-0.3, -0.25) is 4.79 Å². The molecule has 28 heavy (non-hydrogen) atoms. The Kier molecular flexibility index (Phi) is 7.02. The van der Waals surface area contributed by atoms with Crippen molar-refractivity contribution in [3.05, 3.63) is 29.8 Å². The third kappa shape index (κ3) is 5.45. The topological polar surface area (TPSA) is 114 Å². The van der Waals surface area contributed by atoms with Gasteiger partial charge in [-0.25, -0.2) is 13.2 Å². The monoisotopic (exact) mass is 408 g/mol. The van der Waals surface area contributed by atoms with E-state index in [0.717, 1.165) is 0 Å². The molecule has 0 aromatic heterocycles. The minimum absolute atomic E-state index is 0.0606. The fourth-order valence-electron chi connectivity index (χ4n) is 3.03. The van der Waals surface area contributed by atoms with Crippen LogP contribution < -0.4 is 4.74 Å². The predicted molar refractivity (Wildman–Crippen MR) is 101 cm³/mol. The average molecular weight is 408 g/mol. The van der Waals surface area contributed by atoms with Crippen LogP contribution in [-0.4, -0.2) is 61.5 Å². The lowest BCUT2D eigenvalue weighted by Gasteiger charge is -2.29. The van der Waals surface area contributed by atoms with Crippen LogP contribution in [0.25, 0.3) is 0 Å². The van der Waals surface area contributed by atoms with Gasteiger partial charge >= 0.3 is 5.97 Å². The average Bonchev–Trinajstić information content (AvgIpc) is 3.02. The van der Waals surface area contributed by atoms with Crippen molar-refractivity contribution in [2.45, 2.75) is 45.4 Å². The summed E-state index contributed by atoms with van der Waals surface area (Å²) < 4.78 is 34.1. The molecule has 3 atom stereocenters. The molecule has 1 fully saturated rings. The molecule has 0 aliphatic carbocycles. The normalized spacial score (nSPS) is 19.9. The molecular formula is C19H24N2O6S. The Hall–Kier alpha value is -2.60. The third-order valence-corrected chi connectivity index (χ3v) is 6.29. The first kappa shape index (κ1) is 21.7. The van der Waals surface area contributed by atoms with Crippen LogP contribution >= 0.6 is 0 Å². The van der Waals surface area contributed by atoms with Crippen molar-refractivity contribution in [3.8, 4) is 11.8 Å². The van der Waals surface area contributed by atoms with Crippen LogP contribution in [0, 0.1) is 11.3 Å². The summed E-state index contributed by atoms with van der Waals surface area (Å²) in [4.78, 5) is 26.3. The summed E-state index contributed by atoms with van der Waals surface area (Å²) in [6.45, 7) is 5.05. The van der Waals surface area contributed by atoms with E-state index in [9.17, 15) is 18.0 Å². The predicted octanol–water partition coefficient (Wildman–Crippen LogP) is 1.29. The Bertz CT molecular complexity index is 859. The zero-order chi connectivity index (χ0) is 20.9. The van der Waals surface area contributed by atoms with Gasteiger partial charge in [0.25, 0.3) is 5.91 Å². The van der Waals surface area contributed by atoms with E-state index in [1.54, 1.807) is 31.2 Å². The van der Waals surface area contributed by atoms with Gasteiger partial charge in [0.15, 0.2) is 22.0 Å². The van der Waals surface area contributed by atoms with Crippen LogP contribution in [0.3, 0.4) is 0 Å². The summed E-state index contributed by atoms with van der Waals surface area (Å²) in [6, 6.07) is 7.85. The van der Waals surface area contributed by atoms with Gasteiger partial charge < -0.3 is 14.4 Å². The molecule has 1 amide bonds. The largest absolute Gasteiger partial charge is 0.479 e. The molecule has 9 heteroatoms. The Morgan fingerprint density at radius 3 is 2.39 bits per heavy atom. The second-order valence-corrected chi connectivity index (χ2v) is 8.89. The number of esters is 1. The van der Waals surface area contributed by atoms with Crippen LogP contribution in [0.4, 0.5) is 0 Å². The molecule has 0 radical (unpaired) electrons. The van der Waals surface area contributed by atoms with Crippen LogP contribution in [0.15, 0.2) is 24.3 Å². The Morgan fingerprint density at radius 2 is 1.89 bits per heavy atom. The number of likely N-dealkylation sites (N-methyl/N-ethyl adjacent to an activating group) is 1. The molecule has 1 aliphatic rings. The second-order valence-electron chi connectivity index (χ2n) is 6.66. The molecule has 152 valence electrons. The lowest BCUT2D eigenvalue weighted by molar-refractivity contribution is -0.165. The fraction of sp³-hybridized carbons (Fsp3) is 0.526. The summed E-state index contributed by atoms with van der Waals surface area (Å²) in [6.07, 6.45) is -1.62. The van der Waals surface area contributed by atoms with Gasteiger partial charge in [0.1, 0.15) is 5.75 Å². The highest BCUT2D eigenvalue weighted by Crippen LogP contribution is 2.19. The molecule has 2 rings (SSSR count). The zero-order valence-electron chi connectivity index (χ0n) is 16.1. The number of hydrogen-bond donors (Lipinski definition) is 0. The van der Waals surface area contributed by atoms with Crippen molar-refractivity contribution >= 4 is 21.7 Å². The van der Waals surface area contributed by atoms with Crippen molar-refractivity contribution in [1.29, 1.82) is 5.26 Å². The minimum atomic E-state index is -3.13. The van der Waals surface area contributed by atoms with Gasteiger partial charge in [0.2, 0.25) is 0 Å². The van der Waals surface area contributed by atoms with Gasteiger partial charge in [0, 0.05) is 12.6 Å². The Labute approximate surface area is 164 Å². The molecule has 1 heterocycles. The van der Waals surface area contributed by atoms with E-state index in [1.165, 1.54) is 18.7 Å². The molecule has 0 spiro atoms. The summed E-state index contributed by atoms with van der Waals surface area (Å²) >= 11 is 0. The number of benzene rings is 1. The van der Waals surface area contributed by atoms with Crippen molar-refractivity contribution in [3.63, 3.8) is 0 Å². The van der Waals surface area contributed by atoms with Gasteiger partial charge in [0.05, 0.1) is 23.1 Å². The highest BCUT2D eigenvalue weighted by Gasteiger charge is 2.36. The maximum atomic E-state index is 12.6. The van der Waals surface area contributed by atoms with E-state index in [-0.39, 0.29) is 11.5 Å². The molecule has 1 aromatic carbocycles. The standard InChI is InChI=1S/C19H24N2O6S/c1-4-21(16-9-10-28(24,25)12-16)18(22)13(2)27-19(23)14(3)26-17-7-5-15(11-20)6-8-17/h5-8,13-14,16H,4,9-10,12H2,1-3H3. The molecular weight excluding hydrogens is 384 g/mol. The smallest absolute Gasteiger partial charge is 0.347 e. The fourth-order valence-corrected chi connectivity index (χ4v) is 4.76. The number of sulfone groups is 1. The van der Waals surface area contributed by atoms with E-state index in [4.69, 9.17) is 14.7 Å². The summed E-state index contributed by atoms with van der Waals surface area (Å²) in [5.74, 6) is -0.742. The third-order valence-electron chi connectivity index (χ3n) is 4.54. The number of hydrogen-bond acceptors (Lipinski definition) is 7. The highest BCUT2D eigenvalue weighted by atomic mass is 32.2.